The summed E-state index contributed by atoms with van der Waals surface area (Å²) in [5, 5.41) is 7.73. The summed E-state index contributed by atoms with van der Waals surface area (Å²) in [7, 11) is 4.67. The molecular weight excluding hydrogens is 390 g/mol. The molecule has 156 valence electrons. The quantitative estimate of drug-likeness (QED) is 0.715. The Balaban J connectivity index is 1.85. The first-order chi connectivity index (χ1) is 13.8. The smallest absolute Gasteiger partial charge is 0.249 e. The van der Waals surface area contributed by atoms with Gasteiger partial charge in [-0.3, -0.25) is 4.79 Å². The van der Waals surface area contributed by atoms with Crippen LogP contribution in [-0.4, -0.2) is 37.0 Å². The number of amides is 1. The minimum atomic E-state index is -0.224. The third-order valence-electron chi connectivity index (χ3n) is 4.54. The van der Waals surface area contributed by atoms with Crippen molar-refractivity contribution in [3.63, 3.8) is 0 Å². The van der Waals surface area contributed by atoms with Gasteiger partial charge in [-0.1, -0.05) is 0 Å². The molecule has 0 saturated heterocycles. The zero-order valence-corrected chi connectivity index (χ0v) is 18.5. The molecule has 1 N–H and O–H groups in total. The molecule has 2 aromatic rings. The van der Waals surface area contributed by atoms with Crippen molar-refractivity contribution in [1.82, 2.24) is 9.78 Å². The molecule has 1 aliphatic heterocycles. The Bertz CT molecular complexity index is 919. The van der Waals surface area contributed by atoms with Gasteiger partial charge in [0.2, 0.25) is 11.7 Å². The molecule has 1 aromatic carbocycles. The number of carbonyl (C=O) groups is 1. The largest absolute Gasteiger partial charge is 0.493 e. The Kier molecular flexibility index (Phi) is 6.12. The van der Waals surface area contributed by atoms with Crippen LogP contribution in [0.15, 0.2) is 18.2 Å². The van der Waals surface area contributed by atoms with Crippen LogP contribution in [0, 0.1) is 0 Å². The number of nitrogens with one attached hydrogen (secondary N) is 1. The van der Waals surface area contributed by atoms with Gasteiger partial charge in [0.15, 0.2) is 11.5 Å². The third-order valence-corrected chi connectivity index (χ3v) is 5.51. The zero-order chi connectivity index (χ0) is 21.2. The maximum Gasteiger partial charge on any atom is 0.249 e. The van der Waals surface area contributed by atoms with E-state index in [0.29, 0.717) is 17.2 Å². The summed E-state index contributed by atoms with van der Waals surface area (Å²) >= 11 is 1.81. The number of anilines is 1. The van der Waals surface area contributed by atoms with E-state index in [-0.39, 0.29) is 11.4 Å². The van der Waals surface area contributed by atoms with E-state index in [4.69, 9.17) is 19.3 Å². The Morgan fingerprint density at radius 2 is 1.79 bits per heavy atom. The standard InChI is InChI=1S/C21H27N3O4S/c1-21(2,3)24-20(14-11-29-12-15(14)23-24)22-18(25)8-7-13-9-16(26-4)19(28-6)17(10-13)27-5/h7-10H,11-12H2,1-6H3,(H,22,25)/b8-7+. The molecule has 0 unspecified atom stereocenters. The van der Waals surface area contributed by atoms with Crippen LogP contribution >= 0.6 is 11.8 Å². The Hall–Kier alpha value is -2.61. The number of methoxy groups -OCH3 is 3. The molecule has 7 nitrogen and oxygen atoms in total. The summed E-state index contributed by atoms with van der Waals surface area (Å²) < 4.78 is 18.0. The van der Waals surface area contributed by atoms with E-state index in [1.54, 1.807) is 39.5 Å². The topological polar surface area (TPSA) is 74.6 Å². The highest BCUT2D eigenvalue weighted by atomic mass is 32.2. The molecule has 1 aromatic heterocycles. The highest BCUT2D eigenvalue weighted by molar-refractivity contribution is 7.98. The van der Waals surface area contributed by atoms with Crippen LogP contribution < -0.4 is 19.5 Å². The lowest BCUT2D eigenvalue weighted by Gasteiger charge is -2.23. The lowest BCUT2D eigenvalue weighted by molar-refractivity contribution is -0.111. The van der Waals surface area contributed by atoms with Crippen molar-refractivity contribution in [2.45, 2.75) is 37.8 Å². The van der Waals surface area contributed by atoms with E-state index in [2.05, 4.69) is 26.1 Å². The summed E-state index contributed by atoms with van der Waals surface area (Å²) in [6, 6.07) is 3.58. The fraction of sp³-hybridized carbons (Fsp3) is 0.429. The second-order valence-electron chi connectivity index (χ2n) is 7.63. The highest BCUT2D eigenvalue weighted by Crippen LogP contribution is 2.39. The molecule has 1 amide bonds. The van der Waals surface area contributed by atoms with Crippen molar-refractivity contribution in [3.05, 3.63) is 35.0 Å². The number of hydrogen-bond donors (Lipinski definition) is 1. The molecule has 0 radical (unpaired) electrons. The van der Waals surface area contributed by atoms with Gasteiger partial charge >= 0.3 is 0 Å². The fourth-order valence-corrected chi connectivity index (χ4v) is 4.19. The van der Waals surface area contributed by atoms with E-state index >= 15 is 0 Å². The number of aromatic nitrogens is 2. The van der Waals surface area contributed by atoms with Gasteiger partial charge in [-0.25, -0.2) is 4.68 Å². The first-order valence-electron chi connectivity index (χ1n) is 9.26. The number of thioether (sulfide) groups is 1. The van der Waals surface area contributed by atoms with E-state index in [0.717, 1.165) is 34.1 Å². The van der Waals surface area contributed by atoms with E-state index < -0.39 is 0 Å². The van der Waals surface area contributed by atoms with Gasteiger partial charge in [-0.2, -0.15) is 16.9 Å². The molecule has 0 atom stereocenters. The Morgan fingerprint density at radius 3 is 2.34 bits per heavy atom. The number of fused-ring (bicyclic) bond motifs is 1. The molecule has 1 aliphatic rings. The van der Waals surface area contributed by atoms with Crippen molar-refractivity contribution in [3.8, 4) is 17.2 Å². The van der Waals surface area contributed by atoms with E-state index in [1.165, 1.54) is 6.08 Å². The van der Waals surface area contributed by atoms with E-state index in [1.807, 2.05) is 16.4 Å². The molecule has 0 aliphatic carbocycles. The maximum absolute atomic E-state index is 12.7. The zero-order valence-electron chi connectivity index (χ0n) is 17.7. The summed E-state index contributed by atoms with van der Waals surface area (Å²) in [4.78, 5) is 12.7. The van der Waals surface area contributed by atoms with Gasteiger partial charge in [0.1, 0.15) is 5.82 Å². The molecule has 3 rings (SSSR count). The second kappa shape index (κ2) is 8.41. The van der Waals surface area contributed by atoms with Crippen LogP contribution in [0.5, 0.6) is 17.2 Å². The number of nitrogens with zero attached hydrogens (tertiary/aromatic N) is 2. The molecule has 2 heterocycles. The van der Waals surface area contributed by atoms with Gasteiger partial charge in [-0.15, -0.1) is 0 Å². The van der Waals surface area contributed by atoms with Crippen LogP contribution in [0.2, 0.25) is 0 Å². The number of hydrogen-bond acceptors (Lipinski definition) is 6. The molecule has 8 heteroatoms. The number of carbonyl (C=O) groups excluding carboxylic acids is 1. The van der Waals surface area contributed by atoms with Crippen LogP contribution in [0.4, 0.5) is 5.82 Å². The highest BCUT2D eigenvalue weighted by Gasteiger charge is 2.28. The maximum atomic E-state index is 12.7. The van der Waals surface area contributed by atoms with Crippen LogP contribution in [0.3, 0.4) is 0 Å². The first kappa shape index (κ1) is 21.1. The fourth-order valence-electron chi connectivity index (χ4n) is 3.15. The monoisotopic (exact) mass is 417 g/mol. The predicted molar refractivity (Wildman–Crippen MR) is 116 cm³/mol. The van der Waals surface area contributed by atoms with Crippen LogP contribution in [0.25, 0.3) is 6.08 Å². The Labute approximate surface area is 175 Å². The summed E-state index contributed by atoms with van der Waals surface area (Å²) in [5.41, 5.74) is 2.70. The van der Waals surface area contributed by atoms with Gasteiger partial charge in [0.25, 0.3) is 0 Å². The lowest BCUT2D eigenvalue weighted by Crippen LogP contribution is -2.26. The van der Waals surface area contributed by atoms with Crippen molar-refractivity contribution in [2.75, 3.05) is 26.6 Å². The molecule has 0 spiro atoms. The van der Waals surface area contributed by atoms with Crippen molar-refractivity contribution in [2.24, 2.45) is 0 Å². The molecule has 29 heavy (non-hydrogen) atoms. The van der Waals surface area contributed by atoms with Crippen molar-refractivity contribution < 1.29 is 19.0 Å². The Morgan fingerprint density at radius 1 is 1.14 bits per heavy atom. The van der Waals surface area contributed by atoms with Crippen LogP contribution in [0.1, 0.15) is 37.6 Å². The number of ether oxygens (including phenoxy) is 3. The number of rotatable bonds is 6. The van der Waals surface area contributed by atoms with Crippen molar-refractivity contribution >= 4 is 29.6 Å². The van der Waals surface area contributed by atoms with E-state index in [9.17, 15) is 4.79 Å². The number of benzene rings is 1. The van der Waals surface area contributed by atoms with Gasteiger partial charge in [-0.05, 0) is 44.5 Å². The van der Waals surface area contributed by atoms with Gasteiger partial charge in [0, 0.05) is 23.1 Å². The van der Waals surface area contributed by atoms with Crippen molar-refractivity contribution in [1.29, 1.82) is 0 Å². The normalized spacial score (nSPS) is 13.4. The summed E-state index contributed by atoms with van der Waals surface area (Å²) in [6.45, 7) is 6.22. The average molecular weight is 418 g/mol. The molecule has 0 fully saturated rings. The van der Waals surface area contributed by atoms with Crippen LogP contribution in [-0.2, 0) is 21.8 Å². The second-order valence-corrected chi connectivity index (χ2v) is 8.62. The molecule has 0 bridgehead atoms. The SMILES string of the molecule is COc1cc(/C=C/C(=O)Nc2c3c(nn2C(C)(C)C)CSC3)cc(OC)c1OC. The lowest BCUT2D eigenvalue weighted by atomic mass is 10.1. The molecular formula is C21H27N3O4S. The summed E-state index contributed by atoms with van der Waals surface area (Å²) in [5.74, 6) is 3.87. The van der Waals surface area contributed by atoms with Gasteiger partial charge < -0.3 is 19.5 Å². The average Bonchev–Trinajstić information content (AvgIpc) is 3.27. The third kappa shape index (κ3) is 4.37. The van der Waals surface area contributed by atoms with Gasteiger partial charge in [0.05, 0.1) is 32.6 Å². The minimum absolute atomic E-state index is 0.219. The first-order valence-corrected chi connectivity index (χ1v) is 10.4. The predicted octanol–water partition coefficient (Wildman–Crippen LogP) is 4.06. The summed E-state index contributed by atoms with van der Waals surface area (Å²) in [6.07, 6.45) is 3.21. The minimum Gasteiger partial charge on any atom is -0.493 e. The molecule has 0 saturated carbocycles.